The van der Waals surface area contributed by atoms with Crippen LogP contribution >= 0.6 is 0 Å². The molecule has 0 bridgehead atoms. The second-order valence-electron chi connectivity index (χ2n) is 7.95. The molecule has 0 saturated carbocycles. The molecule has 32 heavy (non-hydrogen) atoms. The number of pyridine rings is 1. The highest BCUT2D eigenvalue weighted by Gasteiger charge is 2.23. The van der Waals surface area contributed by atoms with Crippen LogP contribution in [0.4, 0.5) is 15.9 Å². The number of carbonyl (C=O) groups excluding carboxylic acids is 2. The van der Waals surface area contributed by atoms with Crippen molar-refractivity contribution in [2.45, 2.75) is 20.0 Å². The second-order valence-corrected chi connectivity index (χ2v) is 7.95. The summed E-state index contributed by atoms with van der Waals surface area (Å²) in [6.45, 7) is 3.85. The number of piperazine rings is 1. The molecular weight excluding hydrogens is 413 g/mol. The van der Waals surface area contributed by atoms with Gasteiger partial charge in [-0.15, -0.1) is 0 Å². The van der Waals surface area contributed by atoms with Gasteiger partial charge < -0.3 is 24.8 Å². The minimum atomic E-state index is -0.554. The first kappa shape index (κ1) is 23.2. The van der Waals surface area contributed by atoms with Crippen molar-refractivity contribution in [3.63, 3.8) is 0 Å². The van der Waals surface area contributed by atoms with E-state index in [2.05, 4.69) is 9.88 Å². The molecule has 2 heterocycles. The lowest BCUT2D eigenvalue weighted by Gasteiger charge is -2.37. The molecule has 0 radical (unpaired) electrons. The maximum atomic E-state index is 15.0. The number of esters is 1. The summed E-state index contributed by atoms with van der Waals surface area (Å²) in [4.78, 5) is 33.5. The quantitative estimate of drug-likeness (QED) is 0.525. The summed E-state index contributed by atoms with van der Waals surface area (Å²) < 4.78 is 20.1. The van der Waals surface area contributed by atoms with E-state index >= 15 is 0 Å². The molecule has 1 amide bonds. The van der Waals surface area contributed by atoms with Crippen LogP contribution in [0, 0.1) is 11.2 Å². The summed E-state index contributed by atoms with van der Waals surface area (Å²) in [6.07, 6.45) is 1.40. The van der Waals surface area contributed by atoms with Gasteiger partial charge in [0.15, 0.2) is 11.6 Å². The highest BCUT2D eigenvalue weighted by molar-refractivity contribution is 5.95. The minimum absolute atomic E-state index is 0.0403. The number of amides is 1. The van der Waals surface area contributed by atoms with Crippen LogP contribution in [0.5, 0.6) is 0 Å². The van der Waals surface area contributed by atoms with Gasteiger partial charge in [-0.3, -0.25) is 9.59 Å². The number of benzene rings is 1. The Kier molecular flexibility index (Phi) is 7.40. The molecule has 0 aliphatic carbocycles. The number of anilines is 2. The van der Waals surface area contributed by atoms with Crippen molar-refractivity contribution in [3.8, 4) is 0 Å². The lowest BCUT2D eigenvalue weighted by Crippen LogP contribution is -2.47. The molecule has 170 valence electrons. The van der Waals surface area contributed by atoms with Crippen LogP contribution in [0.2, 0.25) is 0 Å². The van der Waals surface area contributed by atoms with Crippen molar-refractivity contribution in [1.82, 2.24) is 9.88 Å². The molecule has 8 nitrogen and oxygen atoms in total. The van der Waals surface area contributed by atoms with Gasteiger partial charge in [-0.2, -0.15) is 0 Å². The monoisotopic (exact) mass is 441 g/mol. The Morgan fingerprint density at radius 2 is 1.72 bits per heavy atom. The zero-order valence-corrected chi connectivity index (χ0v) is 18.6. The van der Waals surface area contributed by atoms with Crippen LogP contribution in [0.1, 0.15) is 29.3 Å². The lowest BCUT2D eigenvalue weighted by molar-refractivity contribution is -0.143. The SMILES string of the molecule is CC(=N)CC(=O)OCc1ccnc(N2CCN(c3ccc(C(=O)N(C)C)cc3)CC2)c1F. The summed E-state index contributed by atoms with van der Waals surface area (Å²) in [5, 5.41) is 7.33. The lowest BCUT2D eigenvalue weighted by atomic mass is 10.1. The maximum absolute atomic E-state index is 15.0. The Labute approximate surface area is 187 Å². The number of nitrogens with one attached hydrogen (secondary N) is 1. The molecule has 1 saturated heterocycles. The van der Waals surface area contributed by atoms with Crippen LogP contribution < -0.4 is 9.80 Å². The van der Waals surface area contributed by atoms with Crippen molar-refractivity contribution in [1.29, 1.82) is 5.41 Å². The molecule has 0 unspecified atom stereocenters. The predicted octanol–water partition coefficient (Wildman–Crippen LogP) is 2.72. The second kappa shape index (κ2) is 10.2. The maximum Gasteiger partial charge on any atom is 0.311 e. The average molecular weight is 442 g/mol. The molecule has 1 fully saturated rings. The molecule has 1 aliphatic heterocycles. The number of hydrogen-bond donors (Lipinski definition) is 1. The van der Waals surface area contributed by atoms with Crippen LogP contribution in [0.25, 0.3) is 0 Å². The fourth-order valence-electron chi connectivity index (χ4n) is 3.48. The Bertz CT molecular complexity index is 986. The summed E-state index contributed by atoms with van der Waals surface area (Å²) in [5.41, 5.74) is 2.10. The van der Waals surface area contributed by atoms with Crippen molar-refractivity contribution in [2.24, 2.45) is 0 Å². The van der Waals surface area contributed by atoms with E-state index in [4.69, 9.17) is 10.1 Å². The number of aromatic nitrogens is 1. The fourth-order valence-corrected chi connectivity index (χ4v) is 3.48. The molecular formula is C23H28FN5O3. The van der Waals surface area contributed by atoms with Gasteiger partial charge in [0.25, 0.3) is 5.91 Å². The van der Waals surface area contributed by atoms with Crippen molar-refractivity contribution >= 4 is 29.1 Å². The number of hydrogen-bond acceptors (Lipinski definition) is 7. The third-order valence-electron chi connectivity index (χ3n) is 5.21. The van der Waals surface area contributed by atoms with Crippen molar-refractivity contribution < 1.29 is 18.7 Å². The summed E-state index contributed by atoms with van der Waals surface area (Å²) in [7, 11) is 3.44. The van der Waals surface area contributed by atoms with Crippen molar-refractivity contribution in [2.75, 3.05) is 50.1 Å². The minimum Gasteiger partial charge on any atom is -0.460 e. The van der Waals surface area contributed by atoms with E-state index < -0.39 is 11.8 Å². The third kappa shape index (κ3) is 5.60. The van der Waals surface area contributed by atoms with E-state index in [1.807, 2.05) is 29.2 Å². The number of halogens is 1. The van der Waals surface area contributed by atoms with Gasteiger partial charge in [-0.25, -0.2) is 9.37 Å². The summed E-state index contributed by atoms with van der Waals surface area (Å²) in [5.74, 6) is -0.844. The molecule has 0 atom stereocenters. The van der Waals surface area contributed by atoms with E-state index in [-0.39, 0.29) is 36.0 Å². The number of rotatable bonds is 7. The van der Waals surface area contributed by atoms with Gasteiger partial charge in [0.05, 0.1) is 6.42 Å². The van der Waals surface area contributed by atoms with E-state index in [1.54, 1.807) is 19.0 Å². The van der Waals surface area contributed by atoms with Gasteiger partial charge in [0.2, 0.25) is 0 Å². The van der Waals surface area contributed by atoms with E-state index in [9.17, 15) is 14.0 Å². The Balaban J connectivity index is 1.61. The van der Waals surface area contributed by atoms with Gasteiger partial charge in [0, 0.05) is 69.0 Å². The first-order valence-corrected chi connectivity index (χ1v) is 10.4. The predicted molar refractivity (Wildman–Crippen MR) is 121 cm³/mol. The molecule has 1 aliphatic rings. The smallest absolute Gasteiger partial charge is 0.311 e. The number of ether oxygens (including phenoxy) is 1. The van der Waals surface area contributed by atoms with Crippen LogP contribution in [0.3, 0.4) is 0 Å². The molecule has 0 spiro atoms. The third-order valence-corrected chi connectivity index (χ3v) is 5.21. The van der Waals surface area contributed by atoms with Crippen LogP contribution in [-0.4, -0.2) is 67.7 Å². The Morgan fingerprint density at radius 1 is 1.09 bits per heavy atom. The Hall–Kier alpha value is -3.49. The number of nitrogens with zero attached hydrogens (tertiary/aromatic N) is 4. The average Bonchev–Trinajstić information content (AvgIpc) is 2.77. The van der Waals surface area contributed by atoms with Gasteiger partial charge >= 0.3 is 5.97 Å². The molecule has 1 aromatic carbocycles. The van der Waals surface area contributed by atoms with E-state index in [0.717, 1.165) is 5.69 Å². The van der Waals surface area contributed by atoms with Gasteiger partial charge in [-0.05, 0) is 37.3 Å². The van der Waals surface area contributed by atoms with E-state index in [0.29, 0.717) is 31.7 Å². The van der Waals surface area contributed by atoms with Gasteiger partial charge in [0.1, 0.15) is 6.61 Å². The molecule has 1 N–H and O–H groups in total. The molecule has 3 rings (SSSR count). The topological polar surface area (TPSA) is 89.8 Å². The molecule has 2 aromatic rings. The highest BCUT2D eigenvalue weighted by Crippen LogP contribution is 2.24. The normalized spacial score (nSPS) is 13.6. The summed E-state index contributed by atoms with van der Waals surface area (Å²) >= 11 is 0. The largest absolute Gasteiger partial charge is 0.460 e. The highest BCUT2D eigenvalue weighted by atomic mass is 19.1. The summed E-state index contributed by atoms with van der Waals surface area (Å²) in [6, 6.07) is 8.98. The first-order chi connectivity index (χ1) is 15.3. The zero-order valence-electron chi connectivity index (χ0n) is 18.6. The molecule has 1 aromatic heterocycles. The standard InChI is InChI=1S/C23H28FN5O3/c1-16(25)14-20(30)32-15-18-8-9-26-22(21(18)24)29-12-10-28(11-13-29)19-6-4-17(5-7-19)23(31)27(2)3/h4-9,25H,10-15H2,1-3H3. The van der Waals surface area contributed by atoms with Crippen LogP contribution in [-0.2, 0) is 16.1 Å². The Morgan fingerprint density at radius 3 is 2.31 bits per heavy atom. The van der Waals surface area contributed by atoms with Crippen molar-refractivity contribution in [3.05, 3.63) is 53.5 Å². The van der Waals surface area contributed by atoms with Gasteiger partial charge in [-0.1, -0.05) is 0 Å². The number of carbonyl (C=O) groups is 2. The van der Waals surface area contributed by atoms with Crippen LogP contribution in [0.15, 0.2) is 36.5 Å². The molecule has 9 heteroatoms. The zero-order chi connectivity index (χ0) is 23.3. The fraction of sp³-hybridized carbons (Fsp3) is 0.391. The van der Waals surface area contributed by atoms with E-state index in [1.165, 1.54) is 19.2 Å². The first-order valence-electron chi connectivity index (χ1n) is 10.4.